The van der Waals surface area contributed by atoms with Crippen LogP contribution >= 0.6 is 0 Å². The second-order valence-corrected chi connectivity index (χ2v) is 12.6. The van der Waals surface area contributed by atoms with E-state index < -0.39 is 0 Å². The van der Waals surface area contributed by atoms with Crippen LogP contribution in [0.3, 0.4) is 0 Å². The van der Waals surface area contributed by atoms with Crippen LogP contribution in [0.4, 0.5) is 11.4 Å². The lowest BCUT2D eigenvalue weighted by atomic mass is 9.69. The summed E-state index contributed by atoms with van der Waals surface area (Å²) in [6, 6.07) is 33.8. The molecule has 0 spiro atoms. The molecule has 4 aromatic rings. The Kier molecular flexibility index (Phi) is 8.27. The fourth-order valence-corrected chi connectivity index (χ4v) is 7.38. The molecule has 3 atom stereocenters. The number of aryl methyl sites for hydroxylation is 1. The Morgan fingerprint density at radius 2 is 1.58 bits per heavy atom. The summed E-state index contributed by atoms with van der Waals surface area (Å²) in [5.41, 5.74) is 8.65. The largest absolute Gasteiger partial charge is 0.508 e. The van der Waals surface area contributed by atoms with E-state index in [2.05, 4.69) is 93.2 Å². The molecule has 1 aliphatic carbocycles. The molecular formula is C38H40N4O3. The molecule has 2 heterocycles. The minimum atomic E-state index is -0.377. The van der Waals surface area contributed by atoms with E-state index in [0.29, 0.717) is 24.5 Å². The maximum absolute atomic E-state index is 12.2. The summed E-state index contributed by atoms with van der Waals surface area (Å²) >= 11 is 0. The summed E-state index contributed by atoms with van der Waals surface area (Å²) in [5, 5.41) is 15.9. The number of piperazine rings is 1. The van der Waals surface area contributed by atoms with Crippen molar-refractivity contribution in [1.29, 1.82) is 0 Å². The quantitative estimate of drug-likeness (QED) is 0.233. The number of rotatable bonds is 7. The van der Waals surface area contributed by atoms with Crippen LogP contribution in [0.15, 0.2) is 97.1 Å². The maximum atomic E-state index is 12.2. The van der Waals surface area contributed by atoms with Gasteiger partial charge in [-0.25, -0.2) is 0 Å². The molecule has 230 valence electrons. The van der Waals surface area contributed by atoms with Crippen molar-refractivity contribution in [3.63, 3.8) is 0 Å². The number of amides is 2. The summed E-state index contributed by atoms with van der Waals surface area (Å²) in [5.74, 6) is 0.547. The predicted octanol–water partition coefficient (Wildman–Crippen LogP) is 5.79. The number of benzene rings is 4. The summed E-state index contributed by atoms with van der Waals surface area (Å²) < 4.78 is 0. The van der Waals surface area contributed by atoms with Crippen LogP contribution < -0.4 is 15.5 Å². The lowest BCUT2D eigenvalue weighted by molar-refractivity contribution is -0.133. The number of carbonyl (C=O) groups is 2. The van der Waals surface area contributed by atoms with Crippen molar-refractivity contribution >= 4 is 23.2 Å². The highest BCUT2D eigenvalue weighted by Gasteiger charge is 2.32. The molecule has 0 aromatic heterocycles. The zero-order valence-corrected chi connectivity index (χ0v) is 25.5. The van der Waals surface area contributed by atoms with E-state index in [0.717, 1.165) is 51.3 Å². The Bertz CT molecular complexity index is 1660. The first-order valence-corrected chi connectivity index (χ1v) is 16.1. The Morgan fingerprint density at radius 1 is 0.778 bits per heavy atom. The van der Waals surface area contributed by atoms with Crippen molar-refractivity contribution < 1.29 is 14.7 Å². The van der Waals surface area contributed by atoms with Crippen LogP contribution in [0.5, 0.6) is 5.75 Å². The minimum absolute atomic E-state index is 0.199. The van der Waals surface area contributed by atoms with Gasteiger partial charge in [0, 0.05) is 56.4 Å². The number of nitrogens with one attached hydrogen (secondary N) is 2. The van der Waals surface area contributed by atoms with E-state index in [4.69, 9.17) is 0 Å². The Balaban J connectivity index is 0.998. The van der Waals surface area contributed by atoms with E-state index in [9.17, 15) is 14.7 Å². The van der Waals surface area contributed by atoms with Gasteiger partial charge >= 0.3 is 0 Å². The molecule has 0 saturated carbocycles. The second-order valence-electron chi connectivity index (χ2n) is 12.6. The third-order valence-electron chi connectivity index (χ3n) is 9.72. The molecular weight excluding hydrogens is 560 g/mol. The smallest absolute Gasteiger partial charge is 0.249 e. The molecule has 0 bridgehead atoms. The summed E-state index contributed by atoms with van der Waals surface area (Å²) in [6.45, 7) is 4.73. The second kappa shape index (κ2) is 12.8. The first-order chi connectivity index (χ1) is 22.0. The maximum Gasteiger partial charge on any atom is 0.249 e. The summed E-state index contributed by atoms with van der Waals surface area (Å²) in [7, 11) is 0. The van der Waals surface area contributed by atoms with Crippen LogP contribution in [0.1, 0.15) is 58.9 Å². The number of hydrogen-bond donors (Lipinski definition) is 3. The molecule has 7 rings (SSSR count). The van der Waals surface area contributed by atoms with E-state index in [1.165, 1.54) is 33.5 Å². The van der Waals surface area contributed by atoms with Gasteiger partial charge in [0.25, 0.3) is 0 Å². The van der Waals surface area contributed by atoms with E-state index >= 15 is 0 Å². The Hall–Kier alpha value is -4.62. The number of fused-ring (bicyclic) bond motifs is 1. The fourth-order valence-electron chi connectivity index (χ4n) is 7.38. The molecule has 3 N–H and O–H groups in total. The lowest BCUT2D eigenvalue weighted by Crippen LogP contribution is -2.47. The van der Waals surface area contributed by atoms with Crippen LogP contribution in [0.2, 0.25) is 0 Å². The van der Waals surface area contributed by atoms with Crippen molar-refractivity contribution in [1.82, 2.24) is 10.2 Å². The number of anilines is 2. The van der Waals surface area contributed by atoms with Gasteiger partial charge in [-0.05, 0) is 89.4 Å². The number of phenols is 1. The molecule has 7 nitrogen and oxygen atoms in total. The minimum Gasteiger partial charge on any atom is -0.508 e. The third kappa shape index (κ3) is 6.45. The van der Waals surface area contributed by atoms with Crippen LogP contribution in [0.25, 0.3) is 0 Å². The molecule has 3 aliphatic rings. The standard InChI is InChI=1S/C38H40N4O3/c43-32-14-16-34-29(24-32)11-15-33(27-6-2-1-3-7-27)37(34)28-9-12-31(13-10-28)42-21-19-41(20-22-42)25-26-5-4-8-30(23-26)39-35-17-18-36(44)40-38(35)45/h1-10,12-14,16,23-24,33,35,37,39,43H,11,15,17-22,25H2,(H,40,44,45)/t33-,35?,37+/m0/s1. The molecule has 1 unspecified atom stereocenters. The molecule has 2 fully saturated rings. The van der Waals surface area contributed by atoms with Crippen LogP contribution in [-0.4, -0.2) is 54.0 Å². The molecule has 2 aliphatic heterocycles. The van der Waals surface area contributed by atoms with Crippen molar-refractivity contribution in [3.05, 3.63) is 125 Å². The number of phenolic OH excluding ortho intramolecular Hbond substituents is 1. The number of imide groups is 1. The normalized spacial score (nSPS) is 22.0. The van der Waals surface area contributed by atoms with Crippen LogP contribution in [-0.2, 0) is 22.6 Å². The zero-order valence-electron chi connectivity index (χ0n) is 25.5. The average molecular weight is 601 g/mol. The first-order valence-electron chi connectivity index (χ1n) is 16.1. The zero-order chi connectivity index (χ0) is 30.8. The number of carbonyl (C=O) groups excluding carboxylic acids is 2. The molecule has 0 radical (unpaired) electrons. The molecule has 45 heavy (non-hydrogen) atoms. The SMILES string of the molecule is O=C1CCC(Nc2cccc(CN3CCN(c4ccc([C@H]5c6ccc(O)cc6CC[C@H]5c5ccccc5)cc4)CC3)c2)C(=O)N1. The van der Waals surface area contributed by atoms with Gasteiger partial charge in [-0.1, -0.05) is 60.7 Å². The predicted molar refractivity (Wildman–Crippen MR) is 178 cm³/mol. The van der Waals surface area contributed by atoms with Gasteiger partial charge in [-0.3, -0.25) is 19.8 Å². The van der Waals surface area contributed by atoms with Crippen molar-refractivity contribution in [2.45, 2.75) is 50.1 Å². The van der Waals surface area contributed by atoms with Gasteiger partial charge in [-0.2, -0.15) is 0 Å². The van der Waals surface area contributed by atoms with Gasteiger partial charge in [0.05, 0.1) is 0 Å². The van der Waals surface area contributed by atoms with Crippen LogP contribution in [0, 0.1) is 0 Å². The topological polar surface area (TPSA) is 84.9 Å². The highest BCUT2D eigenvalue weighted by atomic mass is 16.3. The Morgan fingerprint density at radius 3 is 2.36 bits per heavy atom. The number of nitrogens with zero attached hydrogens (tertiary/aromatic N) is 2. The van der Waals surface area contributed by atoms with E-state index in [-0.39, 0.29) is 23.8 Å². The molecule has 7 heteroatoms. The van der Waals surface area contributed by atoms with Gasteiger partial charge in [0.15, 0.2) is 0 Å². The molecule has 2 amide bonds. The average Bonchev–Trinajstić information content (AvgIpc) is 3.06. The number of piperidine rings is 1. The fraction of sp³-hybridized carbons (Fsp3) is 0.316. The highest BCUT2D eigenvalue weighted by molar-refractivity contribution is 6.01. The monoisotopic (exact) mass is 600 g/mol. The van der Waals surface area contributed by atoms with E-state index in [1.54, 1.807) is 0 Å². The third-order valence-corrected chi connectivity index (χ3v) is 9.72. The molecule has 4 aromatic carbocycles. The molecule has 2 saturated heterocycles. The Labute approximate surface area is 264 Å². The number of hydrogen-bond acceptors (Lipinski definition) is 6. The van der Waals surface area contributed by atoms with Gasteiger partial charge in [0.2, 0.25) is 11.8 Å². The van der Waals surface area contributed by atoms with Crippen molar-refractivity contribution in [3.8, 4) is 5.75 Å². The lowest BCUT2D eigenvalue weighted by Gasteiger charge is -2.37. The summed E-state index contributed by atoms with van der Waals surface area (Å²) in [4.78, 5) is 28.6. The highest BCUT2D eigenvalue weighted by Crippen LogP contribution is 2.47. The van der Waals surface area contributed by atoms with Gasteiger partial charge in [-0.15, -0.1) is 0 Å². The van der Waals surface area contributed by atoms with Gasteiger partial charge < -0.3 is 15.3 Å². The van der Waals surface area contributed by atoms with E-state index in [1.807, 2.05) is 24.3 Å². The van der Waals surface area contributed by atoms with Crippen molar-refractivity contribution in [2.24, 2.45) is 0 Å². The van der Waals surface area contributed by atoms with Crippen molar-refractivity contribution in [2.75, 3.05) is 36.4 Å². The summed E-state index contributed by atoms with van der Waals surface area (Å²) in [6.07, 6.45) is 2.92. The number of aromatic hydroxyl groups is 1. The van der Waals surface area contributed by atoms with Gasteiger partial charge in [0.1, 0.15) is 11.8 Å². The first kappa shape index (κ1) is 29.1.